The van der Waals surface area contributed by atoms with Crippen LogP contribution in [0.25, 0.3) is 5.69 Å². The van der Waals surface area contributed by atoms with Crippen LogP contribution in [0, 0.1) is 10.1 Å². The van der Waals surface area contributed by atoms with Crippen LogP contribution in [-0.4, -0.2) is 25.5 Å². The molecule has 5 rings (SSSR count). The molecule has 0 unspecified atom stereocenters. The fourth-order valence-electron chi connectivity index (χ4n) is 3.92. The number of carbonyl (C=O) groups is 1. The number of rotatable bonds is 2. The number of nitrogens with zero attached hydrogens (tertiary/aromatic N) is 2. The van der Waals surface area contributed by atoms with Crippen molar-refractivity contribution >= 4 is 23.1 Å². The molecule has 3 aliphatic rings. The fourth-order valence-corrected chi connectivity index (χ4v) is 4.17. The molecule has 2 aromatic rings. The lowest BCUT2D eigenvalue weighted by Crippen LogP contribution is -2.28. The van der Waals surface area contributed by atoms with Crippen molar-refractivity contribution in [3.05, 3.63) is 44.5 Å². The van der Waals surface area contributed by atoms with Crippen molar-refractivity contribution in [1.29, 1.82) is 0 Å². The van der Waals surface area contributed by atoms with Crippen LogP contribution in [0.5, 0.6) is 11.8 Å². The van der Waals surface area contributed by atoms with E-state index in [2.05, 4.69) is 0 Å². The van der Waals surface area contributed by atoms with Gasteiger partial charge in [0, 0.05) is 29.5 Å². The Morgan fingerprint density at radius 2 is 1.92 bits per heavy atom. The van der Waals surface area contributed by atoms with Gasteiger partial charge in [0.2, 0.25) is 11.8 Å². The molecule has 0 spiro atoms. The normalized spacial score (nSPS) is 21.8. The van der Waals surface area contributed by atoms with Gasteiger partial charge >= 0.3 is 0 Å². The Bertz CT molecular complexity index is 904. The van der Waals surface area contributed by atoms with Crippen LogP contribution in [0.3, 0.4) is 0 Å². The number of aromatic nitrogens is 1. The molecule has 3 aliphatic carbocycles. The van der Waals surface area contributed by atoms with Gasteiger partial charge in [-0.05, 0) is 30.9 Å². The van der Waals surface area contributed by atoms with Gasteiger partial charge in [-0.1, -0.05) is 11.6 Å². The van der Waals surface area contributed by atoms with E-state index in [9.17, 15) is 25.1 Å². The van der Waals surface area contributed by atoms with Crippen LogP contribution >= 0.6 is 11.6 Å². The van der Waals surface area contributed by atoms with Gasteiger partial charge in [-0.3, -0.25) is 19.5 Å². The Labute approximate surface area is 141 Å². The molecular formula is C16H13ClN2O5. The summed E-state index contributed by atoms with van der Waals surface area (Å²) in [6.45, 7) is 0. The highest BCUT2D eigenvalue weighted by atomic mass is 35.5. The van der Waals surface area contributed by atoms with Crippen molar-refractivity contribution in [3.8, 4) is 17.4 Å². The molecule has 1 aromatic carbocycles. The summed E-state index contributed by atoms with van der Waals surface area (Å²) >= 11 is 5.93. The molecule has 2 N–H and O–H groups in total. The molecule has 1 fully saturated rings. The van der Waals surface area contributed by atoms with Gasteiger partial charge < -0.3 is 10.2 Å². The van der Waals surface area contributed by atoms with Crippen molar-refractivity contribution in [1.82, 2.24) is 4.57 Å². The van der Waals surface area contributed by atoms with E-state index in [1.807, 2.05) is 0 Å². The monoisotopic (exact) mass is 348 g/mol. The molecule has 1 heterocycles. The topological polar surface area (TPSA) is 106 Å². The minimum atomic E-state index is -0.606. The highest BCUT2D eigenvalue weighted by Crippen LogP contribution is 2.56. The first-order valence-electron chi connectivity index (χ1n) is 7.53. The van der Waals surface area contributed by atoms with Gasteiger partial charge in [0.15, 0.2) is 0 Å². The van der Waals surface area contributed by atoms with Gasteiger partial charge in [0.05, 0.1) is 10.6 Å². The fraction of sp³-hybridized carbons (Fsp3) is 0.312. The van der Waals surface area contributed by atoms with Crippen molar-refractivity contribution in [3.63, 3.8) is 0 Å². The quantitative estimate of drug-likeness (QED) is 0.639. The van der Waals surface area contributed by atoms with E-state index in [1.165, 1.54) is 22.8 Å². The van der Waals surface area contributed by atoms with Crippen LogP contribution in [0.15, 0.2) is 18.2 Å². The molecule has 0 aliphatic heterocycles. The van der Waals surface area contributed by atoms with E-state index in [1.54, 1.807) is 0 Å². The predicted molar refractivity (Wildman–Crippen MR) is 85.1 cm³/mol. The van der Waals surface area contributed by atoms with Crippen LogP contribution in [0.2, 0.25) is 5.02 Å². The lowest BCUT2D eigenvalue weighted by molar-refractivity contribution is -0.384. The number of carbonyl (C=O) groups excluding carboxylic acids is 1. The highest BCUT2D eigenvalue weighted by molar-refractivity contribution is 6.32. The summed E-state index contributed by atoms with van der Waals surface area (Å²) in [6.07, 6.45) is 1.83. The van der Waals surface area contributed by atoms with Crippen LogP contribution < -0.4 is 0 Å². The summed E-state index contributed by atoms with van der Waals surface area (Å²) in [5.41, 5.74) is 1.14. The average Bonchev–Trinajstić information content (AvgIpc) is 2.80. The third-order valence-corrected chi connectivity index (χ3v) is 5.28. The number of halogens is 1. The van der Waals surface area contributed by atoms with Crippen molar-refractivity contribution < 1.29 is 19.9 Å². The number of aromatic hydroxyl groups is 2. The molecule has 24 heavy (non-hydrogen) atoms. The Morgan fingerprint density at radius 1 is 1.21 bits per heavy atom. The Hall–Kier alpha value is -2.54. The number of nitro groups is 1. The molecule has 1 saturated carbocycles. The third kappa shape index (κ3) is 1.88. The molecule has 2 atom stereocenters. The average molecular weight is 349 g/mol. The first-order chi connectivity index (χ1) is 11.4. The summed E-state index contributed by atoms with van der Waals surface area (Å²) in [4.78, 5) is 22.4. The lowest BCUT2D eigenvalue weighted by atomic mass is 9.67. The summed E-state index contributed by atoms with van der Waals surface area (Å²) in [6, 6.07) is 3.93. The molecule has 0 saturated heterocycles. The number of hydrogen-bond donors (Lipinski definition) is 2. The SMILES string of the molecule is O=C1C[C@@H]2CC[C@H]1c1c2c(O)n(-c2ccc([N+](=O)[O-])c(Cl)c2)c1O. The largest absolute Gasteiger partial charge is 0.494 e. The van der Waals surface area contributed by atoms with E-state index in [4.69, 9.17) is 11.6 Å². The van der Waals surface area contributed by atoms with E-state index in [0.29, 0.717) is 29.7 Å². The zero-order valence-electron chi connectivity index (χ0n) is 12.4. The minimum absolute atomic E-state index is 0.0768. The number of Topliss-reactive ketones (excluding diaryl/α,β-unsaturated/α-hetero) is 1. The number of fused-ring (bicyclic) bond motifs is 2. The number of hydrogen-bond acceptors (Lipinski definition) is 5. The molecule has 7 nitrogen and oxygen atoms in total. The standard InChI is InChI=1S/C16H13ClN2O5/c17-10-6-8(2-4-11(10)19(23)24)18-15(21)13-7-1-3-9(12(20)5-7)14(13)16(18)22/h2,4,6-7,9,21-22H,1,3,5H2/t7-,9+/m0/s1. The molecular weight excluding hydrogens is 336 g/mol. The summed E-state index contributed by atoms with van der Waals surface area (Å²) in [7, 11) is 0. The molecule has 1 aromatic heterocycles. The Morgan fingerprint density at radius 3 is 2.54 bits per heavy atom. The second-order valence-corrected chi connectivity index (χ2v) is 6.61. The van der Waals surface area contributed by atoms with Gasteiger partial charge in [-0.25, -0.2) is 0 Å². The molecule has 0 amide bonds. The smallest absolute Gasteiger partial charge is 0.288 e. The summed E-state index contributed by atoms with van der Waals surface area (Å²) in [5.74, 6) is -0.749. The highest BCUT2D eigenvalue weighted by Gasteiger charge is 2.45. The zero-order chi connectivity index (χ0) is 17.2. The first-order valence-corrected chi connectivity index (χ1v) is 7.91. The van der Waals surface area contributed by atoms with Crippen LogP contribution in [0.4, 0.5) is 5.69 Å². The van der Waals surface area contributed by atoms with E-state index >= 15 is 0 Å². The third-order valence-electron chi connectivity index (χ3n) is 4.98. The maximum absolute atomic E-state index is 12.1. The van der Waals surface area contributed by atoms with Crippen molar-refractivity contribution in [2.24, 2.45) is 0 Å². The van der Waals surface area contributed by atoms with E-state index in [0.717, 1.165) is 6.42 Å². The molecule has 0 radical (unpaired) electrons. The number of nitro benzene ring substituents is 1. The van der Waals surface area contributed by atoms with Gasteiger partial charge in [0.1, 0.15) is 10.8 Å². The molecule has 124 valence electrons. The molecule has 8 heteroatoms. The predicted octanol–water partition coefficient (Wildman–Crippen LogP) is 3.38. The minimum Gasteiger partial charge on any atom is -0.494 e. The number of ketones is 1. The Kier molecular flexibility index (Phi) is 3.11. The maximum Gasteiger partial charge on any atom is 0.288 e. The van der Waals surface area contributed by atoms with Gasteiger partial charge in [-0.2, -0.15) is 0 Å². The Balaban J connectivity index is 1.91. The zero-order valence-corrected chi connectivity index (χ0v) is 13.2. The first kappa shape index (κ1) is 15.0. The van der Waals surface area contributed by atoms with Gasteiger partial charge in [0.25, 0.3) is 5.69 Å². The lowest BCUT2D eigenvalue weighted by Gasteiger charge is -2.34. The van der Waals surface area contributed by atoms with Crippen molar-refractivity contribution in [2.45, 2.75) is 31.1 Å². The summed E-state index contributed by atoms with van der Waals surface area (Å²) in [5, 5.41) is 32.0. The summed E-state index contributed by atoms with van der Waals surface area (Å²) < 4.78 is 1.20. The maximum atomic E-state index is 12.1. The van der Waals surface area contributed by atoms with Crippen molar-refractivity contribution in [2.75, 3.05) is 0 Å². The van der Waals surface area contributed by atoms with E-state index in [-0.39, 0.29) is 34.2 Å². The van der Waals surface area contributed by atoms with Crippen LogP contribution in [-0.2, 0) is 4.79 Å². The second-order valence-electron chi connectivity index (χ2n) is 6.20. The second kappa shape index (κ2) is 4.98. The number of benzene rings is 1. The van der Waals surface area contributed by atoms with E-state index < -0.39 is 10.8 Å². The van der Waals surface area contributed by atoms with Gasteiger partial charge in [-0.15, -0.1) is 0 Å². The van der Waals surface area contributed by atoms with Crippen LogP contribution in [0.1, 0.15) is 42.2 Å². The molecule has 2 bridgehead atoms.